The monoisotopic (exact) mass is 434 g/mol. The molecule has 2 fully saturated rings. The first kappa shape index (κ1) is 22.3. The van der Waals surface area contributed by atoms with Crippen LogP contribution in [0.2, 0.25) is 0 Å². The molecule has 6 nitrogen and oxygen atoms in total. The van der Waals surface area contributed by atoms with Gasteiger partial charge < -0.3 is 20.7 Å². The standard InChI is InChI=1S/C26H34N4O2/c1-27-25(29-19-26(14-5-6-15-26)21-10-3-2-4-11-21)28-18-20-9-7-12-22(17-20)30-24(31)23-13-8-16-32-23/h2-4,7,9-12,17,23H,5-6,8,13-16,18-19H2,1H3,(H,30,31)(H2,27,28,29). The minimum Gasteiger partial charge on any atom is -0.368 e. The van der Waals surface area contributed by atoms with Gasteiger partial charge in [-0.05, 0) is 48.9 Å². The van der Waals surface area contributed by atoms with Crippen molar-refractivity contribution >= 4 is 17.6 Å². The zero-order valence-corrected chi connectivity index (χ0v) is 18.9. The molecule has 1 atom stereocenters. The second-order valence-corrected chi connectivity index (χ2v) is 8.82. The highest BCUT2D eigenvalue weighted by molar-refractivity contribution is 5.94. The molecule has 1 unspecified atom stereocenters. The highest BCUT2D eigenvalue weighted by Crippen LogP contribution is 2.40. The van der Waals surface area contributed by atoms with E-state index < -0.39 is 0 Å². The fraction of sp³-hybridized carbons (Fsp3) is 0.462. The van der Waals surface area contributed by atoms with E-state index in [1.807, 2.05) is 24.3 Å². The molecule has 1 saturated heterocycles. The van der Waals surface area contributed by atoms with Gasteiger partial charge in [-0.15, -0.1) is 0 Å². The van der Waals surface area contributed by atoms with Crippen molar-refractivity contribution in [1.29, 1.82) is 0 Å². The van der Waals surface area contributed by atoms with Crippen molar-refractivity contribution in [3.8, 4) is 0 Å². The van der Waals surface area contributed by atoms with Crippen LogP contribution in [0.5, 0.6) is 0 Å². The molecular weight excluding hydrogens is 400 g/mol. The highest BCUT2D eigenvalue weighted by Gasteiger charge is 2.35. The molecule has 0 spiro atoms. The van der Waals surface area contributed by atoms with Crippen molar-refractivity contribution in [2.75, 3.05) is 25.5 Å². The van der Waals surface area contributed by atoms with Crippen LogP contribution in [0.15, 0.2) is 59.6 Å². The van der Waals surface area contributed by atoms with E-state index in [2.05, 4.69) is 51.3 Å². The van der Waals surface area contributed by atoms with Gasteiger partial charge in [0, 0.05) is 37.8 Å². The molecule has 32 heavy (non-hydrogen) atoms. The average molecular weight is 435 g/mol. The minimum atomic E-state index is -0.327. The predicted octanol–water partition coefficient (Wildman–Crippen LogP) is 3.98. The van der Waals surface area contributed by atoms with Crippen LogP contribution in [0.4, 0.5) is 5.69 Å². The first-order valence-corrected chi connectivity index (χ1v) is 11.7. The minimum absolute atomic E-state index is 0.0622. The quantitative estimate of drug-likeness (QED) is 0.455. The van der Waals surface area contributed by atoms with Gasteiger partial charge in [-0.1, -0.05) is 55.3 Å². The molecule has 0 radical (unpaired) electrons. The number of nitrogens with one attached hydrogen (secondary N) is 3. The van der Waals surface area contributed by atoms with Gasteiger partial charge in [-0.25, -0.2) is 0 Å². The smallest absolute Gasteiger partial charge is 0.253 e. The van der Waals surface area contributed by atoms with Crippen molar-refractivity contribution < 1.29 is 9.53 Å². The molecule has 0 bridgehead atoms. The Hall–Kier alpha value is -2.86. The number of carbonyl (C=O) groups excluding carboxylic acids is 1. The third-order valence-corrected chi connectivity index (χ3v) is 6.64. The van der Waals surface area contributed by atoms with Crippen molar-refractivity contribution in [1.82, 2.24) is 10.6 Å². The number of benzene rings is 2. The van der Waals surface area contributed by atoms with E-state index in [-0.39, 0.29) is 17.4 Å². The Bertz CT molecular complexity index is 916. The molecule has 2 aromatic carbocycles. The first-order valence-electron chi connectivity index (χ1n) is 11.7. The zero-order chi connectivity index (χ0) is 22.2. The molecule has 2 aromatic rings. The molecular formula is C26H34N4O2. The average Bonchev–Trinajstić information content (AvgIpc) is 3.53. The molecule has 6 heteroatoms. The van der Waals surface area contributed by atoms with Gasteiger partial charge in [0.05, 0.1) is 0 Å². The summed E-state index contributed by atoms with van der Waals surface area (Å²) in [6, 6.07) is 18.8. The third kappa shape index (κ3) is 5.49. The largest absolute Gasteiger partial charge is 0.368 e. The second kappa shape index (κ2) is 10.6. The van der Waals surface area contributed by atoms with Crippen LogP contribution < -0.4 is 16.0 Å². The van der Waals surface area contributed by atoms with Gasteiger partial charge in [-0.2, -0.15) is 0 Å². The summed E-state index contributed by atoms with van der Waals surface area (Å²) in [6.45, 7) is 2.16. The fourth-order valence-electron chi connectivity index (χ4n) is 4.84. The van der Waals surface area contributed by atoms with Crippen LogP contribution in [-0.4, -0.2) is 38.2 Å². The lowest BCUT2D eigenvalue weighted by molar-refractivity contribution is -0.124. The Morgan fingerprint density at radius 3 is 2.59 bits per heavy atom. The molecule has 2 aliphatic rings. The highest BCUT2D eigenvalue weighted by atomic mass is 16.5. The SMILES string of the molecule is CN=C(NCc1cccc(NC(=O)C2CCCO2)c1)NCC1(c2ccccc2)CCCC1. The van der Waals surface area contributed by atoms with Crippen molar-refractivity contribution in [3.63, 3.8) is 0 Å². The summed E-state index contributed by atoms with van der Waals surface area (Å²) in [7, 11) is 1.80. The molecule has 1 aliphatic heterocycles. The number of aliphatic imine (C=N–C) groups is 1. The van der Waals surface area contributed by atoms with Gasteiger partial charge in [-0.3, -0.25) is 9.79 Å². The Kier molecular flexibility index (Phi) is 7.43. The molecule has 3 N–H and O–H groups in total. The van der Waals surface area contributed by atoms with Crippen molar-refractivity contribution in [2.24, 2.45) is 4.99 Å². The van der Waals surface area contributed by atoms with Gasteiger partial charge in [0.15, 0.2) is 5.96 Å². The molecule has 4 rings (SSSR count). The third-order valence-electron chi connectivity index (χ3n) is 6.64. The molecule has 0 aromatic heterocycles. The number of carbonyl (C=O) groups is 1. The Morgan fingerprint density at radius 2 is 1.88 bits per heavy atom. The maximum Gasteiger partial charge on any atom is 0.253 e. The van der Waals surface area contributed by atoms with E-state index in [0.29, 0.717) is 13.2 Å². The fourth-order valence-corrected chi connectivity index (χ4v) is 4.84. The van der Waals surface area contributed by atoms with Crippen molar-refractivity contribution in [2.45, 2.75) is 56.6 Å². The number of guanidine groups is 1. The van der Waals surface area contributed by atoms with E-state index in [1.165, 1.54) is 31.2 Å². The van der Waals surface area contributed by atoms with Gasteiger partial charge >= 0.3 is 0 Å². The number of hydrogen-bond donors (Lipinski definition) is 3. The summed E-state index contributed by atoms with van der Waals surface area (Å²) < 4.78 is 5.47. The van der Waals surface area contributed by atoms with Crippen LogP contribution in [0.3, 0.4) is 0 Å². The van der Waals surface area contributed by atoms with E-state index in [9.17, 15) is 4.79 Å². The maximum atomic E-state index is 12.3. The summed E-state index contributed by atoms with van der Waals surface area (Å²) in [5.41, 5.74) is 3.46. The normalized spacial score (nSPS) is 20.2. The number of amides is 1. The first-order chi connectivity index (χ1) is 15.7. The van der Waals surface area contributed by atoms with E-state index in [4.69, 9.17) is 4.74 Å². The summed E-state index contributed by atoms with van der Waals surface area (Å²) >= 11 is 0. The van der Waals surface area contributed by atoms with Gasteiger partial charge in [0.1, 0.15) is 6.10 Å². The molecule has 1 amide bonds. The zero-order valence-electron chi connectivity index (χ0n) is 18.9. The summed E-state index contributed by atoms with van der Waals surface area (Å²) in [6.07, 6.45) is 6.35. The van der Waals surface area contributed by atoms with Gasteiger partial charge in [0.2, 0.25) is 0 Å². The molecule has 1 aliphatic carbocycles. The van der Waals surface area contributed by atoms with Crippen LogP contribution in [0, 0.1) is 0 Å². The number of rotatable bonds is 7. The second-order valence-electron chi connectivity index (χ2n) is 8.82. The summed E-state index contributed by atoms with van der Waals surface area (Å²) in [5, 5.41) is 9.95. The van der Waals surface area contributed by atoms with E-state index in [1.54, 1.807) is 7.05 Å². The number of anilines is 1. The predicted molar refractivity (Wildman–Crippen MR) is 129 cm³/mol. The van der Waals surface area contributed by atoms with Crippen LogP contribution >= 0.6 is 0 Å². The van der Waals surface area contributed by atoms with Crippen LogP contribution in [0.1, 0.15) is 49.7 Å². The number of hydrogen-bond acceptors (Lipinski definition) is 3. The Balaban J connectivity index is 1.32. The number of ether oxygens (including phenoxy) is 1. The molecule has 170 valence electrons. The van der Waals surface area contributed by atoms with Crippen LogP contribution in [-0.2, 0) is 21.5 Å². The molecule has 1 saturated carbocycles. The lowest BCUT2D eigenvalue weighted by Gasteiger charge is -2.30. The molecule has 1 heterocycles. The van der Waals surface area contributed by atoms with E-state index in [0.717, 1.165) is 36.6 Å². The van der Waals surface area contributed by atoms with Crippen LogP contribution in [0.25, 0.3) is 0 Å². The number of nitrogens with zero attached hydrogens (tertiary/aromatic N) is 1. The lowest BCUT2D eigenvalue weighted by atomic mass is 9.79. The van der Waals surface area contributed by atoms with Crippen molar-refractivity contribution in [3.05, 3.63) is 65.7 Å². The van der Waals surface area contributed by atoms with E-state index >= 15 is 0 Å². The maximum absolute atomic E-state index is 12.3. The lowest BCUT2D eigenvalue weighted by Crippen LogP contribution is -2.44. The topological polar surface area (TPSA) is 74.8 Å². The summed E-state index contributed by atoms with van der Waals surface area (Å²) in [5.74, 6) is 0.730. The Labute approximate surface area is 190 Å². The van der Waals surface area contributed by atoms with Gasteiger partial charge in [0.25, 0.3) is 5.91 Å². The summed E-state index contributed by atoms with van der Waals surface area (Å²) in [4.78, 5) is 16.7. The Morgan fingerprint density at radius 1 is 1.06 bits per heavy atom.